The fourth-order valence-electron chi connectivity index (χ4n) is 4.29. The summed E-state index contributed by atoms with van der Waals surface area (Å²) in [5, 5.41) is 7.03. The Bertz CT molecular complexity index is 429. The Labute approximate surface area is 157 Å². The fourth-order valence-corrected chi connectivity index (χ4v) is 4.29. The normalized spacial score (nSPS) is 37.0. The number of likely N-dealkylation sites (tertiary alicyclic amines) is 1. The number of hydrogen-bond acceptors (Lipinski definition) is 3. The number of rotatable bonds is 5. The van der Waals surface area contributed by atoms with E-state index in [-0.39, 0.29) is 24.0 Å². The second-order valence-electron chi connectivity index (χ2n) is 7.46. The zero-order valence-electron chi connectivity index (χ0n) is 14.2. The van der Waals surface area contributed by atoms with Crippen LogP contribution in [0.1, 0.15) is 45.4 Å². The minimum Gasteiger partial charge on any atom is -0.373 e. The maximum atomic E-state index is 5.94. The van der Waals surface area contributed by atoms with Gasteiger partial charge in [-0.1, -0.05) is 0 Å². The molecule has 4 rings (SSSR count). The number of nitrogens with one attached hydrogen (secondary N) is 2. The number of nitrogens with zero attached hydrogens (tertiary/aromatic N) is 2. The van der Waals surface area contributed by atoms with Gasteiger partial charge in [0.05, 0.1) is 18.2 Å². The fraction of sp³-hybridized carbons (Fsp3) is 0.941. The van der Waals surface area contributed by atoms with Crippen LogP contribution >= 0.6 is 24.0 Å². The van der Waals surface area contributed by atoms with Gasteiger partial charge in [-0.25, -0.2) is 0 Å². The summed E-state index contributed by atoms with van der Waals surface area (Å²) < 4.78 is 5.94. The summed E-state index contributed by atoms with van der Waals surface area (Å²) in [5.74, 6) is 1.74. The molecule has 4 unspecified atom stereocenters. The van der Waals surface area contributed by atoms with Crippen LogP contribution in [0.15, 0.2) is 4.99 Å². The smallest absolute Gasteiger partial charge is 0.191 e. The highest BCUT2D eigenvalue weighted by Crippen LogP contribution is 2.34. The predicted molar refractivity (Wildman–Crippen MR) is 104 cm³/mol. The first-order valence-electron chi connectivity index (χ1n) is 9.26. The molecule has 23 heavy (non-hydrogen) atoms. The third kappa shape index (κ3) is 4.31. The zero-order chi connectivity index (χ0) is 14.9. The average Bonchev–Trinajstić information content (AvgIpc) is 2.96. The highest BCUT2D eigenvalue weighted by molar-refractivity contribution is 14.0. The summed E-state index contributed by atoms with van der Waals surface area (Å²) in [6.45, 7) is 6.56. The molecule has 132 valence electrons. The molecule has 1 saturated carbocycles. The van der Waals surface area contributed by atoms with Crippen molar-refractivity contribution in [3.8, 4) is 0 Å². The lowest BCUT2D eigenvalue weighted by Crippen LogP contribution is -2.47. The van der Waals surface area contributed by atoms with Gasteiger partial charge in [0.2, 0.25) is 0 Å². The van der Waals surface area contributed by atoms with E-state index in [1.165, 1.54) is 45.2 Å². The van der Waals surface area contributed by atoms with Crippen LogP contribution in [-0.4, -0.2) is 61.3 Å². The third-order valence-electron chi connectivity index (χ3n) is 5.66. The Balaban J connectivity index is 0.00000156. The highest BCUT2D eigenvalue weighted by atomic mass is 127. The molecule has 3 heterocycles. The van der Waals surface area contributed by atoms with Gasteiger partial charge >= 0.3 is 0 Å². The summed E-state index contributed by atoms with van der Waals surface area (Å²) in [6.07, 6.45) is 8.66. The second kappa shape index (κ2) is 7.87. The summed E-state index contributed by atoms with van der Waals surface area (Å²) >= 11 is 0. The molecule has 0 aromatic rings. The molecule has 1 aliphatic carbocycles. The van der Waals surface area contributed by atoms with Crippen molar-refractivity contribution in [2.75, 3.05) is 26.2 Å². The first-order chi connectivity index (χ1) is 10.8. The quantitative estimate of drug-likeness (QED) is 0.395. The number of halogens is 1. The zero-order valence-corrected chi connectivity index (χ0v) is 16.5. The molecular formula is C17H31IN4O. The molecule has 4 aliphatic rings. The SMILES string of the molecule is CCNC(=NCC1CCN(C2CC2)C1)NC1CC2CCC1O2.I. The van der Waals surface area contributed by atoms with E-state index in [1.54, 1.807) is 0 Å². The number of aliphatic imine (C=N–C) groups is 1. The van der Waals surface area contributed by atoms with Crippen molar-refractivity contribution in [1.82, 2.24) is 15.5 Å². The van der Waals surface area contributed by atoms with E-state index in [9.17, 15) is 0 Å². The molecular weight excluding hydrogens is 403 g/mol. The molecule has 0 radical (unpaired) electrons. The molecule has 0 spiro atoms. The van der Waals surface area contributed by atoms with Crippen LogP contribution in [0.5, 0.6) is 0 Å². The van der Waals surface area contributed by atoms with E-state index in [0.29, 0.717) is 18.2 Å². The van der Waals surface area contributed by atoms with Gasteiger partial charge in [-0.05, 0) is 57.9 Å². The lowest BCUT2D eigenvalue weighted by molar-refractivity contribution is 0.0992. The molecule has 6 heteroatoms. The van der Waals surface area contributed by atoms with E-state index in [0.717, 1.165) is 37.4 Å². The molecule has 5 nitrogen and oxygen atoms in total. The maximum Gasteiger partial charge on any atom is 0.191 e. The largest absolute Gasteiger partial charge is 0.373 e. The number of hydrogen-bond donors (Lipinski definition) is 2. The summed E-state index contributed by atoms with van der Waals surface area (Å²) in [6, 6.07) is 1.37. The van der Waals surface area contributed by atoms with Gasteiger partial charge in [0.25, 0.3) is 0 Å². The summed E-state index contributed by atoms with van der Waals surface area (Å²) in [7, 11) is 0. The first-order valence-corrected chi connectivity index (χ1v) is 9.26. The van der Waals surface area contributed by atoms with Gasteiger partial charge in [-0.15, -0.1) is 24.0 Å². The van der Waals surface area contributed by atoms with Crippen molar-refractivity contribution < 1.29 is 4.74 Å². The highest BCUT2D eigenvalue weighted by Gasteiger charge is 2.41. The van der Waals surface area contributed by atoms with Crippen molar-refractivity contribution in [3.63, 3.8) is 0 Å². The number of fused-ring (bicyclic) bond motifs is 2. The van der Waals surface area contributed by atoms with E-state index >= 15 is 0 Å². The molecule has 2 bridgehead atoms. The first kappa shape index (κ1) is 17.7. The van der Waals surface area contributed by atoms with Crippen molar-refractivity contribution in [2.45, 2.75) is 69.7 Å². The lowest BCUT2D eigenvalue weighted by atomic mass is 9.96. The van der Waals surface area contributed by atoms with Crippen molar-refractivity contribution >= 4 is 29.9 Å². The Hall–Kier alpha value is -0.0800. The van der Waals surface area contributed by atoms with E-state index in [2.05, 4.69) is 22.5 Å². The van der Waals surface area contributed by atoms with Crippen LogP contribution in [0.25, 0.3) is 0 Å². The van der Waals surface area contributed by atoms with E-state index < -0.39 is 0 Å². The van der Waals surface area contributed by atoms with Crippen molar-refractivity contribution in [1.29, 1.82) is 0 Å². The topological polar surface area (TPSA) is 48.9 Å². The number of guanidine groups is 1. The standard InChI is InChI=1S/C17H30N4O.HI/c1-2-18-17(20-15-9-14-5-6-16(15)22-14)19-10-12-7-8-21(11-12)13-3-4-13;/h12-16H,2-11H2,1H3,(H2,18,19,20);1H. The minimum absolute atomic E-state index is 0. The second-order valence-corrected chi connectivity index (χ2v) is 7.46. The molecule has 0 aromatic carbocycles. The van der Waals surface area contributed by atoms with Gasteiger partial charge in [-0.2, -0.15) is 0 Å². The Morgan fingerprint density at radius 1 is 1.22 bits per heavy atom. The van der Waals surface area contributed by atoms with Crippen LogP contribution in [0.3, 0.4) is 0 Å². The minimum atomic E-state index is 0. The molecule has 0 amide bonds. The predicted octanol–water partition coefficient (Wildman–Crippen LogP) is 1.96. The molecule has 2 N–H and O–H groups in total. The van der Waals surface area contributed by atoms with E-state index in [1.807, 2.05) is 0 Å². The molecule has 4 atom stereocenters. The van der Waals surface area contributed by atoms with Gasteiger partial charge in [0, 0.05) is 25.7 Å². The summed E-state index contributed by atoms with van der Waals surface area (Å²) in [5.41, 5.74) is 0. The van der Waals surface area contributed by atoms with Crippen LogP contribution in [0, 0.1) is 5.92 Å². The molecule has 3 aliphatic heterocycles. The Morgan fingerprint density at radius 3 is 2.74 bits per heavy atom. The molecule has 0 aromatic heterocycles. The Morgan fingerprint density at radius 2 is 2.09 bits per heavy atom. The van der Waals surface area contributed by atoms with Crippen LogP contribution in [0.4, 0.5) is 0 Å². The maximum absolute atomic E-state index is 5.94. The summed E-state index contributed by atoms with van der Waals surface area (Å²) in [4.78, 5) is 7.54. The van der Waals surface area contributed by atoms with E-state index in [4.69, 9.17) is 9.73 Å². The Kier molecular flexibility index (Phi) is 6.07. The van der Waals surface area contributed by atoms with Gasteiger partial charge < -0.3 is 20.3 Å². The molecule has 4 fully saturated rings. The van der Waals surface area contributed by atoms with Gasteiger partial charge in [0.1, 0.15) is 0 Å². The van der Waals surface area contributed by atoms with Gasteiger partial charge in [0.15, 0.2) is 5.96 Å². The van der Waals surface area contributed by atoms with Crippen LogP contribution in [0.2, 0.25) is 0 Å². The van der Waals surface area contributed by atoms with Gasteiger partial charge in [-0.3, -0.25) is 4.99 Å². The van der Waals surface area contributed by atoms with Crippen LogP contribution in [-0.2, 0) is 4.74 Å². The number of ether oxygens (including phenoxy) is 1. The van der Waals surface area contributed by atoms with Crippen LogP contribution < -0.4 is 10.6 Å². The monoisotopic (exact) mass is 434 g/mol. The molecule has 3 saturated heterocycles. The van der Waals surface area contributed by atoms with Crippen molar-refractivity contribution in [2.24, 2.45) is 10.9 Å². The lowest BCUT2D eigenvalue weighted by Gasteiger charge is -2.23. The third-order valence-corrected chi connectivity index (χ3v) is 5.66. The average molecular weight is 434 g/mol. The van der Waals surface area contributed by atoms with Crippen molar-refractivity contribution in [3.05, 3.63) is 0 Å².